The fourth-order valence-corrected chi connectivity index (χ4v) is 13.2. The lowest BCUT2D eigenvalue weighted by molar-refractivity contribution is 0.0551. The van der Waals surface area contributed by atoms with E-state index in [-0.39, 0.29) is 27.8 Å². The summed E-state index contributed by atoms with van der Waals surface area (Å²) >= 11 is 0. The van der Waals surface area contributed by atoms with Crippen LogP contribution in [0.15, 0.2) is 93.3 Å². The van der Waals surface area contributed by atoms with E-state index in [0.29, 0.717) is 11.6 Å². The van der Waals surface area contributed by atoms with E-state index in [1.54, 1.807) is 0 Å². The fraction of sp³-hybridized carbons (Fsp3) is 0.500. The first-order valence-corrected chi connectivity index (χ1v) is 22.4. The summed E-state index contributed by atoms with van der Waals surface area (Å²) in [5.41, 5.74) is 6.85. The highest BCUT2D eigenvalue weighted by molar-refractivity contribution is 7.73. The van der Waals surface area contributed by atoms with Crippen molar-refractivity contribution in [3.05, 3.63) is 107 Å². The van der Waals surface area contributed by atoms with Gasteiger partial charge in [0.1, 0.15) is 11.2 Å². The lowest BCUT2D eigenvalue weighted by atomic mass is 9.64. The summed E-state index contributed by atoms with van der Waals surface area (Å²) in [6, 6.07) is 32.1. The van der Waals surface area contributed by atoms with Crippen LogP contribution < -0.4 is 15.1 Å². The number of rotatable bonds is 5. The van der Waals surface area contributed by atoms with E-state index in [1.165, 1.54) is 52.1 Å². The van der Waals surface area contributed by atoms with Crippen LogP contribution in [0.2, 0.25) is 0 Å². The summed E-state index contributed by atoms with van der Waals surface area (Å²) in [5, 5.41) is 5.11. The minimum Gasteiger partial charge on any atom is -0.399 e. The molecule has 282 valence electrons. The van der Waals surface area contributed by atoms with Gasteiger partial charge in [-0.05, 0) is 101 Å². The third-order valence-electron chi connectivity index (χ3n) is 11.9. The fourth-order valence-electron chi connectivity index (χ4n) is 8.53. The third kappa shape index (κ3) is 7.70. The van der Waals surface area contributed by atoms with Gasteiger partial charge < -0.3 is 8.39 Å². The summed E-state index contributed by atoms with van der Waals surface area (Å²) < 4.78 is 22.1. The van der Waals surface area contributed by atoms with Gasteiger partial charge in [-0.25, -0.2) is 0 Å². The molecule has 0 bridgehead atoms. The summed E-state index contributed by atoms with van der Waals surface area (Å²) in [6.07, 6.45) is 4.86. The number of benzene rings is 4. The first kappa shape index (κ1) is 38.4. The monoisotopic (exact) mass is 748 g/mol. The maximum atomic E-state index is 7.48. The highest BCUT2D eigenvalue weighted by Crippen LogP contribution is 2.58. The summed E-state index contributed by atoms with van der Waals surface area (Å²) in [4.78, 5) is 0. The number of fused-ring (bicyclic) bond motifs is 4. The molecule has 0 saturated heterocycles. The molecule has 4 unspecified atom stereocenters. The zero-order valence-corrected chi connectivity index (χ0v) is 36.1. The first-order valence-electron chi connectivity index (χ1n) is 19.9. The minimum atomic E-state index is -1.78. The van der Waals surface area contributed by atoms with Gasteiger partial charge in [-0.1, -0.05) is 156 Å². The Morgan fingerprint density at radius 1 is 0.547 bits per heavy atom. The van der Waals surface area contributed by atoms with Crippen molar-refractivity contribution >= 4 is 48.7 Å². The highest BCUT2D eigenvalue weighted by atomic mass is 31.1. The smallest absolute Gasteiger partial charge is 0.387 e. The van der Waals surface area contributed by atoms with Crippen LogP contribution >= 0.6 is 16.2 Å². The average molecular weight is 749 g/mol. The van der Waals surface area contributed by atoms with Gasteiger partial charge in [0.05, 0.1) is 6.10 Å². The maximum absolute atomic E-state index is 7.48. The van der Waals surface area contributed by atoms with Crippen molar-refractivity contribution in [3.63, 3.8) is 0 Å². The second kappa shape index (κ2) is 14.0. The Labute approximate surface area is 321 Å². The van der Waals surface area contributed by atoms with Crippen LogP contribution in [0.1, 0.15) is 131 Å². The Hall–Kier alpha value is -2.83. The molecule has 4 atom stereocenters. The van der Waals surface area contributed by atoms with Crippen molar-refractivity contribution in [1.29, 1.82) is 0 Å². The molecule has 4 aromatic carbocycles. The van der Waals surface area contributed by atoms with E-state index in [4.69, 9.17) is 12.9 Å². The minimum absolute atomic E-state index is 0.0260. The molecular formula is C48H62O3P2. The molecule has 1 aromatic heterocycles. The highest BCUT2D eigenvalue weighted by Gasteiger charge is 2.49. The van der Waals surface area contributed by atoms with Gasteiger partial charge in [-0.3, -0.25) is 4.52 Å². The predicted octanol–water partition coefficient (Wildman–Crippen LogP) is 13.6. The molecule has 5 heteroatoms. The van der Waals surface area contributed by atoms with Gasteiger partial charge in [0.2, 0.25) is 0 Å². The zero-order chi connectivity index (χ0) is 38.1. The van der Waals surface area contributed by atoms with Gasteiger partial charge in [0, 0.05) is 27.6 Å². The van der Waals surface area contributed by atoms with Gasteiger partial charge in [0.25, 0.3) is 0 Å². The second-order valence-corrected chi connectivity index (χ2v) is 23.4. The molecule has 1 heterocycles. The van der Waals surface area contributed by atoms with Crippen LogP contribution in [0.4, 0.5) is 0 Å². The van der Waals surface area contributed by atoms with E-state index in [1.807, 2.05) is 0 Å². The Balaban J connectivity index is 1.52. The van der Waals surface area contributed by atoms with E-state index >= 15 is 0 Å². The van der Waals surface area contributed by atoms with Crippen molar-refractivity contribution in [2.24, 2.45) is 11.8 Å². The van der Waals surface area contributed by atoms with Crippen molar-refractivity contribution in [2.75, 3.05) is 0 Å². The van der Waals surface area contributed by atoms with Crippen molar-refractivity contribution in [1.82, 2.24) is 0 Å². The van der Waals surface area contributed by atoms with E-state index in [0.717, 1.165) is 34.3 Å². The van der Waals surface area contributed by atoms with Crippen LogP contribution in [0, 0.1) is 11.8 Å². The molecular weight excluding hydrogens is 686 g/mol. The molecule has 3 nitrogen and oxygen atoms in total. The summed E-state index contributed by atoms with van der Waals surface area (Å²) in [7, 11) is -2.46. The Morgan fingerprint density at radius 3 is 1.36 bits per heavy atom. The predicted molar refractivity (Wildman–Crippen MR) is 230 cm³/mol. The Kier molecular flexibility index (Phi) is 10.2. The molecule has 53 heavy (non-hydrogen) atoms. The lowest BCUT2D eigenvalue weighted by Gasteiger charge is -2.51. The first-order chi connectivity index (χ1) is 24.8. The largest absolute Gasteiger partial charge is 0.399 e. The average Bonchev–Trinajstić information content (AvgIpc) is 3.21. The van der Waals surface area contributed by atoms with Crippen LogP contribution in [-0.2, 0) is 21.7 Å². The SMILES string of the molecule is CC(C)(C)c1cc(C(C)(C)C)c2op(OC3CCC4CCC4C3P(c3ccccc3)c3ccccc3)oc3c(C(C)(C)C)cc(C(C)(C)C)cc3c2c1. The molecule has 5 aromatic rings. The molecule has 0 spiro atoms. The normalized spacial score (nSPS) is 21.2. The summed E-state index contributed by atoms with van der Waals surface area (Å²) in [5.74, 6) is 1.41. The molecule has 2 saturated carbocycles. The topological polar surface area (TPSA) is 35.5 Å². The van der Waals surface area contributed by atoms with Crippen molar-refractivity contribution < 1.29 is 12.9 Å². The quantitative estimate of drug-likeness (QED) is 0.168. The molecule has 0 aliphatic heterocycles. The Bertz CT molecular complexity index is 1990. The molecule has 0 radical (unpaired) electrons. The lowest BCUT2D eigenvalue weighted by Crippen LogP contribution is -2.50. The molecule has 7 rings (SSSR count). The van der Waals surface area contributed by atoms with Crippen molar-refractivity contribution in [3.8, 4) is 0 Å². The molecule has 0 N–H and O–H groups in total. The number of hydrogen-bond acceptors (Lipinski definition) is 3. The van der Waals surface area contributed by atoms with Gasteiger partial charge >= 0.3 is 8.24 Å². The summed E-state index contributed by atoms with van der Waals surface area (Å²) in [6.45, 7) is 27.7. The standard InChI is InChI=1S/C48H62O3P2/c1-45(2,3)32-27-37-38-28-33(46(4,5)6)30-40(48(10,11)12)43(38)51-53(50-42(37)39(29-32)47(7,8)9)49-41-26-24-31-23-25-36(31)44(41)52(34-19-15-13-16-20-34)35-21-17-14-18-22-35/h13-22,27-31,36,41,44H,23-26H2,1-12H3. The van der Waals surface area contributed by atoms with E-state index < -0.39 is 16.2 Å². The molecule has 2 aliphatic carbocycles. The van der Waals surface area contributed by atoms with Gasteiger partial charge in [0.15, 0.2) is 0 Å². The van der Waals surface area contributed by atoms with E-state index in [2.05, 4.69) is 168 Å². The van der Waals surface area contributed by atoms with Crippen LogP contribution in [0.25, 0.3) is 21.9 Å². The second-order valence-electron chi connectivity index (χ2n) is 20.0. The van der Waals surface area contributed by atoms with Gasteiger partial charge in [-0.15, -0.1) is 0 Å². The molecule has 2 aliphatic rings. The number of hydrogen-bond donors (Lipinski definition) is 0. The van der Waals surface area contributed by atoms with Crippen LogP contribution in [0.5, 0.6) is 0 Å². The molecule has 2 fully saturated rings. The maximum Gasteiger partial charge on any atom is 0.387 e. The van der Waals surface area contributed by atoms with Crippen LogP contribution in [-0.4, -0.2) is 11.8 Å². The van der Waals surface area contributed by atoms with Crippen molar-refractivity contribution in [2.45, 2.75) is 142 Å². The molecule has 0 amide bonds. The third-order valence-corrected chi connectivity index (χ3v) is 16.0. The van der Waals surface area contributed by atoms with Crippen LogP contribution in [0.3, 0.4) is 0 Å². The zero-order valence-electron chi connectivity index (χ0n) is 34.3. The Morgan fingerprint density at radius 2 is 0.981 bits per heavy atom. The van der Waals surface area contributed by atoms with E-state index in [9.17, 15) is 0 Å². The van der Waals surface area contributed by atoms with Gasteiger partial charge in [-0.2, -0.15) is 0 Å².